The van der Waals surface area contributed by atoms with E-state index in [1.54, 1.807) is 25.3 Å². The third kappa shape index (κ3) is 4.65. The quantitative estimate of drug-likeness (QED) is 0.828. The summed E-state index contributed by atoms with van der Waals surface area (Å²) >= 11 is 6.25. The third-order valence-electron chi connectivity index (χ3n) is 3.83. The van der Waals surface area contributed by atoms with E-state index in [-0.39, 0.29) is 5.91 Å². The average Bonchev–Trinajstić information content (AvgIpc) is 2.53. The number of ether oxygens (including phenoxy) is 2. The Hall–Kier alpha value is -1.72. The van der Waals surface area contributed by atoms with Gasteiger partial charge in [-0.1, -0.05) is 11.6 Å². The lowest BCUT2D eigenvalue weighted by atomic mass is 10.1. The van der Waals surface area contributed by atoms with E-state index in [0.29, 0.717) is 48.3 Å². The van der Waals surface area contributed by atoms with Gasteiger partial charge in [0.15, 0.2) is 11.5 Å². The number of carbonyl (C=O) groups is 1. The van der Waals surface area contributed by atoms with Crippen molar-refractivity contribution in [1.82, 2.24) is 10.2 Å². The maximum Gasteiger partial charge on any atom is 0.246 e. The van der Waals surface area contributed by atoms with Crippen molar-refractivity contribution in [3.05, 3.63) is 28.8 Å². The second-order valence-corrected chi connectivity index (χ2v) is 6.42. The molecule has 0 aromatic heterocycles. The number of methoxy groups -OCH3 is 1. The molecule has 6 heteroatoms. The highest BCUT2D eigenvalue weighted by atomic mass is 35.5. The minimum atomic E-state index is -0.000765. The molecule has 0 spiro atoms. The summed E-state index contributed by atoms with van der Waals surface area (Å²) in [7, 11) is 1.57. The number of hydrogen-bond donors (Lipinski definition) is 1. The van der Waals surface area contributed by atoms with E-state index >= 15 is 0 Å². The van der Waals surface area contributed by atoms with Crippen LogP contribution < -0.4 is 14.8 Å². The Bertz CT molecular complexity index is 609. The molecule has 1 heterocycles. The molecule has 132 valence electrons. The number of benzene rings is 1. The van der Waals surface area contributed by atoms with Gasteiger partial charge in [-0.05, 0) is 44.5 Å². The van der Waals surface area contributed by atoms with E-state index in [1.165, 1.54) is 0 Å². The van der Waals surface area contributed by atoms with Gasteiger partial charge in [-0.3, -0.25) is 4.79 Å². The molecule has 0 radical (unpaired) electrons. The summed E-state index contributed by atoms with van der Waals surface area (Å²) < 4.78 is 10.8. The number of piperazine rings is 1. The standard InChI is InChI=1S/C18H25ClN2O3/c1-5-24-18-15(19)8-14(9-16(18)23-4)6-7-17(22)21-10-12(2)20-13(3)11-21/h6-9,12-13,20H,5,10-11H2,1-4H3. The highest BCUT2D eigenvalue weighted by Gasteiger charge is 2.23. The van der Waals surface area contributed by atoms with Crippen molar-refractivity contribution in [3.8, 4) is 11.5 Å². The molecule has 1 aromatic rings. The van der Waals surface area contributed by atoms with Crippen molar-refractivity contribution in [1.29, 1.82) is 0 Å². The first-order chi connectivity index (χ1) is 11.4. The van der Waals surface area contributed by atoms with Gasteiger partial charge in [0.2, 0.25) is 5.91 Å². The second kappa shape index (κ2) is 8.40. The second-order valence-electron chi connectivity index (χ2n) is 6.01. The molecule has 2 rings (SSSR count). The van der Waals surface area contributed by atoms with Crippen LogP contribution in [0.25, 0.3) is 6.08 Å². The number of halogens is 1. The van der Waals surface area contributed by atoms with Crippen LogP contribution in [0.1, 0.15) is 26.3 Å². The van der Waals surface area contributed by atoms with Crippen LogP contribution >= 0.6 is 11.6 Å². The lowest BCUT2D eigenvalue weighted by molar-refractivity contribution is -0.127. The number of nitrogens with zero attached hydrogens (tertiary/aromatic N) is 1. The topological polar surface area (TPSA) is 50.8 Å². The molecule has 1 aromatic carbocycles. The molecule has 0 bridgehead atoms. The molecule has 1 amide bonds. The fraction of sp³-hybridized carbons (Fsp3) is 0.500. The van der Waals surface area contributed by atoms with Gasteiger partial charge in [-0.15, -0.1) is 0 Å². The molecule has 24 heavy (non-hydrogen) atoms. The largest absolute Gasteiger partial charge is 0.493 e. The van der Waals surface area contributed by atoms with Gasteiger partial charge in [0.05, 0.1) is 18.7 Å². The van der Waals surface area contributed by atoms with E-state index in [2.05, 4.69) is 19.2 Å². The maximum absolute atomic E-state index is 12.4. The summed E-state index contributed by atoms with van der Waals surface area (Å²) in [6.45, 7) is 7.97. The van der Waals surface area contributed by atoms with E-state index < -0.39 is 0 Å². The molecule has 1 aliphatic rings. The monoisotopic (exact) mass is 352 g/mol. The van der Waals surface area contributed by atoms with Crippen molar-refractivity contribution in [2.45, 2.75) is 32.9 Å². The Morgan fingerprint density at radius 2 is 2.04 bits per heavy atom. The van der Waals surface area contributed by atoms with Gasteiger partial charge in [-0.25, -0.2) is 0 Å². The smallest absolute Gasteiger partial charge is 0.246 e. The summed E-state index contributed by atoms with van der Waals surface area (Å²) in [6.07, 6.45) is 3.33. The van der Waals surface area contributed by atoms with Crippen LogP contribution in [0.4, 0.5) is 0 Å². The van der Waals surface area contributed by atoms with Crippen LogP contribution in [0, 0.1) is 0 Å². The Labute approximate surface area is 148 Å². The average molecular weight is 353 g/mol. The number of hydrogen-bond acceptors (Lipinski definition) is 4. The molecule has 2 unspecified atom stereocenters. The fourth-order valence-corrected chi connectivity index (χ4v) is 3.17. The van der Waals surface area contributed by atoms with Crippen LogP contribution in [-0.4, -0.2) is 49.7 Å². The zero-order chi connectivity index (χ0) is 17.7. The third-order valence-corrected chi connectivity index (χ3v) is 4.11. The molecule has 0 aliphatic carbocycles. The van der Waals surface area contributed by atoms with E-state index in [1.807, 2.05) is 17.9 Å². The highest BCUT2D eigenvalue weighted by Crippen LogP contribution is 2.36. The van der Waals surface area contributed by atoms with Crippen molar-refractivity contribution >= 4 is 23.6 Å². The predicted octanol–water partition coefficient (Wildman–Crippen LogP) is 2.97. The fourth-order valence-electron chi connectivity index (χ4n) is 2.90. The van der Waals surface area contributed by atoms with Gasteiger partial charge < -0.3 is 19.7 Å². The molecule has 5 nitrogen and oxygen atoms in total. The van der Waals surface area contributed by atoms with Crippen LogP contribution in [0.2, 0.25) is 5.02 Å². The van der Waals surface area contributed by atoms with Crippen LogP contribution in [0.3, 0.4) is 0 Å². The van der Waals surface area contributed by atoms with Crippen LogP contribution in [0.15, 0.2) is 18.2 Å². The molecule has 0 saturated carbocycles. The Morgan fingerprint density at radius 1 is 1.38 bits per heavy atom. The van der Waals surface area contributed by atoms with Crippen molar-refractivity contribution in [2.24, 2.45) is 0 Å². The number of carbonyl (C=O) groups excluding carboxylic acids is 1. The first-order valence-electron chi connectivity index (χ1n) is 8.18. The van der Waals surface area contributed by atoms with Crippen molar-refractivity contribution in [2.75, 3.05) is 26.8 Å². The van der Waals surface area contributed by atoms with Crippen molar-refractivity contribution in [3.63, 3.8) is 0 Å². The number of nitrogens with one attached hydrogen (secondary N) is 1. The van der Waals surface area contributed by atoms with Gasteiger partial charge >= 0.3 is 0 Å². The predicted molar refractivity (Wildman–Crippen MR) is 96.8 cm³/mol. The summed E-state index contributed by atoms with van der Waals surface area (Å²) in [5.74, 6) is 1.08. The SMILES string of the molecule is CCOc1c(Cl)cc(C=CC(=O)N2CC(C)NC(C)C2)cc1OC. The highest BCUT2D eigenvalue weighted by molar-refractivity contribution is 6.32. The summed E-state index contributed by atoms with van der Waals surface area (Å²) in [5.41, 5.74) is 0.796. The summed E-state index contributed by atoms with van der Waals surface area (Å²) in [5, 5.41) is 3.88. The number of rotatable bonds is 5. The minimum Gasteiger partial charge on any atom is -0.493 e. The van der Waals surface area contributed by atoms with Crippen LogP contribution in [-0.2, 0) is 4.79 Å². The summed E-state index contributed by atoms with van der Waals surface area (Å²) in [6, 6.07) is 4.17. The molecule has 2 atom stereocenters. The molecule has 1 fully saturated rings. The zero-order valence-electron chi connectivity index (χ0n) is 14.6. The molecule has 1 N–H and O–H groups in total. The summed E-state index contributed by atoms with van der Waals surface area (Å²) in [4.78, 5) is 14.3. The number of amides is 1. The minimum absolute atomic E-state index is 0.000765. The van der Waals surface area contributed by atoms with E-state index in [9.17, 15) is 4.79 Å². The van der Waals surface area contributed by atoms with E-state index in [4.69, 9.17) is 21.1 Å². The molecule has 1 saturated heterocycles. The van der Waals surface area contributed by atoms with Gasteiger partial charge in [-0.2, -0.15) is 0 Å². The van der Waals surface area contributed by atoms with Gasteiger partial charge in [0.25, 0.3) is 0 Å². The lowest BCUT2D eigenvalue weighted by Gasteiger charge is -2.35. The Balaban J connectivity index is 2.13. The first-order valence-corrected chi connectivity index (χ1v) is 8.55. The zero-order valence-corrected chi connectivity index (χ0v) is 15.4. The molecule has 1 aliphatic heterocycles. The Morgan fingerprint density at radius 3 is 2.62 bits per heavy atom. The van der Waals surface area contributed by atoms with Crippen molar-refractivity contribution < 1.29 is 14.3 Å². The van der Waals surface area contributed by atoms with Gasteiger partial charge in [0, 0.05) is 31.2 Å². The van der Waals surface area contributed by atoms with Gasteiger partial charge in [0.1, 0.15) is 0 Å². The van der Waals surface area contributed by atoms with Crippen LogP contribution in [0.5, 0.6) is 11.5 Å². The first kappa shape index (κ1) is 18.6. The maximum atomic E-state index is 12.4. The lowest BCUT2D eigenvalue weighted by Crippen LogP contribution is -2.55. The molecular formula is C18H25ClN2O3. The molecular weight excluding hydrogens is 328 g/mol. The normalized spacial score (nSPS) is 21.1. The van der Waals surface area contributed by atoms with E-state index in [0.717, 1.165) is 5.56 Å². The Kier molecular flexibility index (Phi) is 6.52.